The Balaban J connectivity index is 1.82. The molecular formula is C13H17N7O. The predicted molar refractivity (Wildman–Crippen MR) is 75.8 cm³/mol. The number of nitrogens with zero attached hydrogens (tertiary/aromatic N) is 6. The predicted octanol–water partition coefficient (Wildman–Crippen LogP) is 0.638. The molecule has 1 unspecified atom stereocenters. The minimum atomic E-state index is -0.145. The van der Waals surface area contributed by atoms with Gasteiger partial charge in [0, 0.05) is 20.6 Å². The lowest BCUT2D eigenvalue weighted by Crippen LogP contribution is -2.32. The summed E-state index contributed by atoms with van der Waals surface area (Å²) >= 11 is 0. The van der Waals surface area contributed by atoms with Gasteiger partial charge in [0.25, 0.3) is 5.91 Å². The number of likely N-dealkylation sites (tertiary alicyclic amines) is 1. The van der Waals surface area contributed by atoms with E-state index in [9.17, 15) is 4.79 Å². The zero-order chi connectivity index (χ0) is 14.8. The van der Waals surface area contributed by atoms with Gasteiger partial charge in [-0.05, 0) is 25.0 Å². The summed E-state index contributed by atoms with van der Waals surface area (Å²) in [5.41, 5.74) is 0.811. The summed E-state index contributed by atoms with van der Waals surface area (Å²) < 4.78 is 0. The quantitative estimate of drug-likeness (QED) is 0.890. The van der Waals surface area contributed by atoms with E-state index >= 15 is 0 Å². The van der Waals surface area contributed by atoms with E-state index in [1.54, 1.807) is 4.90 Å². The van der Waals surface area contributed by atoms with E-state index in [2.05, 4.69) is 25.4 Å². The molecule has 1 N–H and O–H groups in total. The molecule has 1 saturated heterocycles. The maximum absolute atomic E-state index is 12.4. The largest absolute Gasteiger partial charge is 0.361 e. The maximum atomic E-state index is 12.4. The fourth-order valence-electron chi connectivity index (χ4n) is 2.51. The molecule has 8 nitrogen and oxygen atoms in total. The molecule has 0 aliphatic carbocycles. The molecule has 1 amide bonds. The number of H-pyrrole nitrogens is 1. The van der Waals surface area contributed by atoms with E-state index in [1.165, 1.54) is 6.33 Å². The van der Waals surface area contributed by atoms with Crippen molar-refractivity contribution in [2.45, 2.75) is 18.9 Å². The minimum Gasteiger partial charge on any atom is -0.361 e. The van der Waals surface area contributed by atoms with Crippen molar-refractivity contribution in [3.8, 4) is 0 Å². The number of aromatic amines is 1. The van der Waals surface area contributed by atoms with Crippen LogP contribution in [0, 0.1) is 0 Å². The molecule has 2 aromatic rings. The highest BCUT2D eigenvalue weighted by molar-refractivity contribution is 5.90. The number of aromatic nitrogens is 5. The number of anilines is 1. The summed E-state index contributed by atoms with van der Waals surface area (Å²) in [7, 11) is 3.83. The van der Waals surface area contributed by atoms with Gasteiger partial charge >= 0.3 is 0 Å². The van der Waals surface area contributed by atoms with Crippen molar-refractivity contribution in [3.63, 3.8) is 0 Å². The number of nitrogens with one attached hydrogen (secondary N) is 1. The summed E-state index contributed by atoms with van der Waals surface area (Å²) in [6.45, 7) is 0.696. The molecule has 0 saturated carbocycles. The summed E-state index contributed by atoms with van der Waals surface area (Å²) in [4.78, 5) is 20.0. The van der Waals surface area contributed by atoms with Crippen LogP contribution in [0.5, 0.6) is 0 Å². The fourth-order valence-corrected chi connectivity index (χ4v) is 2.51. The third-order valence-corrected chi connectivity index (χ3v) is 3.60. The Labute approximate surface area is 122 Å². The third kappa shape index (κ3) is 2.56. The number of carbonyl (C=O) groups is 1. The highest BCUT2D eigenvalue weighted by Gasteiger charge is 2.33. The van der Waals surface area contributed by atoms with Crippen LogP contribution in [0.15, 0.2) is 18.5 Å². The van der Waals surface area contributed by atoms with Crippen LogP contribution in [0.1, 0.15) is 35.2 Å². The van der Waals surface area contributed by atoms with Gasteiger partial charge in [-0.2, -0.15) is 10.2 Å². The van der Waals surface area contributed by atoms with E-state index < -0.39 is 0 Å². The molecule has 1 aliphatic rings. The average Bonchev–Trinajstić information content (AvgIpc) is 3.18. The van der Waals surface area contributed by atoms with Crippen LogP contribution in [-0.4, -0.2) is 56.8 Å². The van der Waals surface area contributed by atoms with Gasteiger partial charge in [0.1, 0.15) is 6.33 Å². The monoisotopic (exact) mass is 287 g/mol. The van der Waals surface area contributed by atoms with Crippen molar-refractivity contribution in [1.29, 1.82) is 0 Å². The molecule has 110 valence electrons. The maximum Gasteiger partial charge on any atom is 0.291 e. The Morgan fingerprint density at radius 3 is 2.86 bits per heavy atom. The molecule has 8 heteroatoms. The summed E-state index contributed by atoms with van der Waals surface area (Å²) in [6, 6.07) is 3.79. The lowest BCUT2D eigenvalue weighted by molar-refractivity contribution is 0.0720. The van der Waals surface area contributed by atoms with Crippen LogP contribution >= 0.6 is 0 Å². The standard InChI is InChI=1S/C13H17N7O/c1-19(2)11-6-5-9(16-17-11)10-4-3-7-20(10)13(21)12-14-8-15-18-12/h5-6,8,10H,3-4,7H2,1-2H3,(H,14,15,18). The Morgan fingerprint density at radius 2 is 2.24 bits per heavy atom. The van der Waals surface area contributed by atoms with Gasteiger partial charge in [-0.3, -0.25) is 9.89 Å². The Kier molecular flexibility index (Phi) is 3.51. The summed E-state index contributed by atoms with van der Waals surface area (Å²) in [6.07, 6.45) is 3.17. The number of rotatable bonds is 3. The zero-order valence-corrected chi connectivity index (χ0v) is 12.0. The second kappa shape index (κ2) is 5.47. The van der Waals surface area contributed by atoms with E-state index in [4.69, 9.17) is 0 Å². The highest BCUT2D eigenvalue weighted by Crippen LogP contribution is 2.31. The molecule has 3 rings (SSSR count). The van der Waals surface area contributed by atoms with E-state index in [0.717, 1.165) is 24.4 Å². The van der Waals surface area contributed by atoms with Gasteiger partial charge in [0.2, 0.25) is 5.82 Å². The van der Waals surface area contributed by atoms with Gasteiger partial charge in [-0.25, -0.2) is 4.98 Å². The third-order valence-electron chi connectivity index (χ3n) is 3.60. The van der Waals surface area contributed by atoms with Gasteiger partial charge in [-0.1, -0.05) is 0 Å². The number of hydrogen-bond acceptors (Lipinski definition) is 6. The number of carbonyl (C=O) groups excluding carboxylic acids is 1. The molecule has 21 heavy (non-hydrogen) atoms. The van der Waals surface area contributed by atoms with Crippen molar-refractivity contribution < 1.29 is 4.79 Å². The van der Waals surface area contributed by atoms with Gasteiger partial charge < -0.3 is 9.80 Å². The smallest absolute Gasteiger partial charge is 0.291 e. The van der Waals surface area contributed by atoms with Crippen molar-refractivity contribution in [1.82, 2.24) is 30.3 Å². The fraction of sp³-hybridized carbons (Fsp3) is 0.462. The van der Waals surface area contributed by atoms with Gasteiger partial charge in [0.15, 0.2) is 5.82 Å². The average molecular weight is 287 g/mol. The number of hydrogen-bond donors (Lipinski definition) is 1. The first kappa shape index (κ1) is 13.5. The molecule has 3 heterocycles. The van der Waals surface area contributed by atoms with Crippen molar-refractivity contribution in [3.05, 3.63) is 30.0 Å². The number of amides is 1. The molecule has 1 aliphatic heterocycles. The topological polar surface area (TPSA) is 90.9 Å². The molecular weight excluding hydrogens is 270 g/mol. The van der Waals surface area contributed by atoms with Crippen LogP contribution < -0.4 is 4.90 Å². The first-order chi connectivity index (χ1) is 10.2. The molecule has 2 aromatic heterocycles. The second-order valence-electron chi connectivity index (χ2n) is 5.20. The molecule has 1 atom stereocenters. The summed E-state index contributed by atoms with van der Waals surface area (Å²) in [5, 5.41) is 14.8. The molecule has 0 spiro atoms. The molecule has 0 bridgehead atoms. The van der Waals surface area contributed by atoms with E-state index in [-0.39, 0.29) is 17.8 Å². The highest BCUT2D eigenvalue weighted by atomic mass is 16.2. The molecule has 0 radical (unpaired) electrons. The lowest BCUT2D eigenvalue weighted by atomic mass is 10.1. The Morgan fingerprint density at radius 1 is 1.38 bits per heavy atom. The van der Waals surface area contributed by atoms with Crippen molar-refractivity contribution in [2.75, 3.05) is 25.5 Å². The van der Waals surface area contributed by atoms with Crippen LogP contribution in [0.25, 0.3) is 0 Å². The van der Waals surface area contributed by atoms with Crippen molar-refractivity contribution >= 4 is 11.7 Å². The first-order valence-corrected chi connectivity index (χ1v) is 6.84. The van der Waals surface area contributed by atoms with Gasteiger partial charge in [0.05, 0.1) is 11.7 Å². The normalized spacial score (nSPS) is 18.0. The SMILES string of the molecule is CN(C)c1ccc(C2CCCN2C(=O)c2ncn[nH]2)nn1. The van der Waals surface area contributed by atoms with Crippen molar-refractivity contribution in [2.24, 2.45) is 0 Å². The van der Waals surface area contributed by atoms with Gasteiger partial charge in [-0.15, -0.1) is 5.10 Å². The minimum absolute atomic E-state index is 0.0497. The molecule has 0 aromatic carbocycles. The van der Waals surface area contributed by atoms with E-state index in [1.807, 2.05) is 31.1 Å². The Bertz CT molecular complexity index is 608. The first-order valence-electron chi connectivity index (χ1n) is 6.84. The summed E-state index contributed by atoms with van der Waals surface area (Å²) in [5.74, 6) is 0.915. The van der Waals surface area contributed by atoms with Crippen LogP contribution in [0.4, 0.5) is 5.82 Å². The zero-order valence-electron chi connectivity index (χ0n) is 12.0. The second-order valence-corrected chi connectivity index (χ2v) is 5.20. The Hall–Kier alpha value is -2.51. The van der Waals surface area contributed by atoms with Crippen LogP contribution in [0.3, 0.4) is 0 Å². The molecule has 1 fully saturated rings. The van der Waals surface area contributed by atoms with Crippen LogP contribution in [0.2, 0.25) is 0 Å². The lowest BCUT2D eigenvalue weighted by Gasteiger charge is -2.23. The van der Waals surface area contributed by atoms with Crippen LogP contribution in [-0.2, 0) is 0 Å². The van der Waals surface area contributed by atoms with E-state index in [0.29, 0.717) is 6.54 Å².